The zero-order valence-electron chi connectivity index (χ0n) is 8.57. The highest BCUT2D eigenvalue weighted by Crippen LogP contribution is 2.24. The summed E-state index contributed by atoms with van der Waals surface area (Å²) < 4.78 is 0. The zero-order chi connectivity index (χ0) is 10.6. The van der Waals surface area contributed by atoms with Crippen molar-refractivity contribution in [1.82, 2.24) is 4.90 Å². The maximum atomic E-state index is 9.42. The largest absolute Gasteiger partial charge is 0.393 e. The van der Waals surface area contributed by atoms with Gasteiger partial charge in [0.25, 0.3) is 0 Å². The molecule has 0 aromatic heterocycles. The lowest BCUT2D eigenvalue weighted by Crippen LogP contribution is -2.43. The Hall–Kier alpha value is -1.30. The van der Waals surface area contributed by atoms with Crippen molar-refractivity contribution in [2.45, 2.75) is 5.54 Å². The molecule has 2 heteroatoms. The fourth-order valence-corrected chi connectivity index (χ4v) is 1.46. The Morgan fingerprint density at radius 3 is 2.29 bits per heavy atom. The molecule has 1 unspecified atom stereocenters. The van der Waals surface area contributed by atoms with Gasteiger partial charge in [-0.05, 0) is 19.7 Å². The molecule has 0 saturated heterocycles. The summed E-state index contributed by atoms with van der Waals surface area (Å²) in [7, 11) is 3.73. The third-order valence-corrected chi connectivity index (χ3v) is 2.48. The van der Waals surface area contributed by atoms with Crippen LogP contribution in [0.1, 0.15) is 5.56 Å². The Morgan fingerprint density at radius 1 is 1.36 bits per heavy atom. The van der Waals surface area contributed by atoms with E-state index in [2.05, 4.69) is 5.92 Å². The van der Waals surface area contributed by atoms with Crippen LogP contribution >= 0.6 is 0 Å². The van der Waals surface area contributed by atoms with Crippen molar-refractivity contribution in [1.29, 1.82) is 0 Å². The van der Waals surface area contributed by atoms with E-state index in [9.17, 15) is 5.11 Å². The lowest BCUT2D eigenvalue weighted by Gasteiger charge is -2.33. The van der Waals surface area contributed by atoms with Gasteiger partial charge in [-0.25, -0.2) is 0 Å². The van der Waals surface area contributed by atoms with Crippen LogP contribution in [0.4, 0.5) is 0 Å². The molecule has 0 heterocycles. The number of aliphatic hydroxyl groups is 1. The predicted molar refractivity (Wildman–Crippen MR) is 57.7 cm³/mol. The minimum absolute atomic E-state index is 0.0828. The van der Waals surface area contributed by atoms with E-state index >= 15 is 0 Å². The average molecular weight is 189 g/mol. The topological polar surface area (TPSA) is 23.5 Å². The van der Waals surface area contributed by atoms with E-state index in [1.165, 1.54) is 0 Å². The first-order chi connectivity index (χ1) is 6.67. The van der Waals surface area contributed by atoms with Crippen molar-refractivity contribution in [3.63, 3.8) is 0 Å². The predicted octanol–water partition coefficient (Wildman–Crippen LogP) is 1.07. The summed E-state index contributed by atoms with van der Waals surface area (Å²) in [5, 5.41) is 9.42. The molecule has 0 aliphatic heterocycles. The highest BCUT2D eigenvalue weighted by atomic mass is 16.3. The zero-order valence-corrected chi connectivity index (χ0v) is 8.57. The van der Waals surface area contributed by atoms with Crippen LogP contribution in [0.25, 0.3) is 0 Å². The molecule has 0 aliphatic carbocycles. The van der Waals surface area contributed by atoms with Gasteiger partial charge >= 0.3 is 0 Å². The van der Waals surface area contributed by atoms with Crippen LogP contribution in [0, 0.1) is 12.3 Å². The van der Waals surface area contributed by atoms with Crippen molar-refractivity contribution in [2.24, 2.45) is 0 Å². The molecule has 1 rings (SSSR count). The highest BCUT2D eigenvalue weighted by Gasteiger charge is 2.31. The molecule has 0 radical (unpaired) electrons. The van der Waals surface area contributed by atoms with E-state index < -0.39 is 5.54 Å². The second-order valence-corrected chi connectivity index (χ2v) is 3.42. The number of hydrogen-bond acceptors (Lipinski definition) is 2. The second kappa shape index (κ2) is 4.28. The van der Waals surface area contributed by atoms with Crippen molar-refractivity contribution in [2.75, 3.05) is 20.7 Å². The van der Waals surface area contributed by atoms with Crippen LogP contribution in [0.5, 0.6) is 0 Å². The maximum absolute atomic E-state index is 9.42. The van der Waals surface area contributed by atoms with Gasteiger partial charge in [-0.15, -0.1) is 6.42 Å². The van der Waals surface area contributed by atoms with Gasteiger partial charge in [-0.2, -0.15) is 0 Å². The van der Waals surface area contributed by atoms with Crippen molar-refractivity contribution >= 4 is 0 Å². The number of benzene rings is 1. The van der Waals surface area contributed by atoms with Gasteiger partial charge in [-0.1, -0.05) is 36.3 Å². The van der Waals surface area contributed by atoms with Crippen LogP contribution < -0.4 is 0 Å². The Bertz CT molecular complexity index is 326. The lowest BCUT2D eigenvalue weighted by atomic mass is 9.90. The average Bonchev–Trinajstić information content (AvgIpc) is 2.22. The first-order valence-corrected chi connectivity index (χ1v) is 4.49. The van der Waals surface area contributed by atoms with Crippen molar-refractivity contribution in [3.05, 3.63) is 35.9 Å². The summed E-state index contributed by atoms with van der Waals surface area (Å²) >= 11 is 0. The molecule has 0 saturated carbocycles. The molecule has 1 aromatic carbocycles. The monoisotopic (exact) mass is 189 g/mol. The smallest absolute Gasteiger partial charge is 0.131 e. The Labute approximate surface area is 85.2 Å². The van der Waals surface area contributed by atoms with Gasteiger partial charge in [0.2, 0.25) is 0 Å². The van der Waals surface area contributed by atoms with E-state index in [0.717, 1.165) is 5.56 Å². The molecule has 1 aromatic rings. The second-order valence-electron chi connectivity index (χ2n) is 3.42. The fraction of sp³-hybridized carbons (Fsp3) is 0.333. The van der Waals surface area contributed by atoms with Gasteiger partial charge < -0.3 is 5.11 Å². The summed E-state index contributed by atoms with van der Waals surface area (Å²) in [6, 6.07) is 9.62. The van der Waals surface area contributed by atoms with Gasteiger partial charge in [0.05, 0.1) is 6.61 Å². The van der Waals surface area contributed by atoms with Gasteiger partial charge in [0, 0.05) is 0 Å². The summed E-state index contributed by atoms with van der Waals surface area (Å²) in [6.07, 6.45) is 5.50. The first-order valence-electron chi connectivity index (χ1n) is 4.49. The summed E-state index contributed by atoms with van der Waals surface area (Å²) in [6.45, 7) is -0.0828. The minimum atomic E-state index is -0.707. The summed E-state index contributed by atoms with van der Waals surface area (Å²) in [4.78, 5) is 1.85. The molecule has 74 valence electrons. The maximum Gasteiger partial charge on any atom is 0.131 e. The van der Waals surface area contributed by atoms with E-state index in [1.54, 1.807) is 0 Å². The lowest BCUT2D eigenvalue weighted by molar-refractivity contribution is 0.116. The molecule has 0 fully saturated rings. The molecule has 1 atom stereocenters. The quantitative estimate of drug-likeness (QED) is 0.719. The highest BCUT2D eigenvalue weighted by molar-refractivity contribution is 5.33. The Balaban J connectivity index is 3.20. The molecule has 0 bridgehead atoms. The van der Waals surface area contributed by atoms with Crippen LogP contribution in [0.3, 0.4) is 0 Å². The number of nitrogens with zero attached hydrogens (tertiary/aromatic N) is 1. The van der Waals surface area contributed by atoms with E-state index in [4.69, 9.17) is 6.42 Å². The summed E-state index contributed by atoms with van der Waals surface area (Å²) in [5.41, 5.74) is 0.233. The number of hydrogen-bond donors (Lipinski definition) is 1. The molecule has 14 heavy (non-hydrogen) atoms. The van der Waals surface area contributed by atoms with E-state index in [-0.39, 0.29) is 6.61 Å². The molecule has 0 spiro atoms. The molecule has 0 amide bonds. The van der Waals surface area contributed by atoms with Gasteiger partial charge in [0.1, 0.15) is 5.54 Å². The van der Waals surface area contributed by atoms with Crippen molar-refractivity contribution in [3.8, 4) is 12.3 Å². The third kappa shape index (κ3) is 1.65. The number of terminal acetylenes is 1. The first kappa shape index (κ1) is 10.8. The van der Waals surface area contributed by atoms with Crippen molar-refractivity contribution < 1.29 is 5.11 Å². The Morgan fingerprint density at radius 2 is 1.93 bits per heavy atom. The van der Waals surface area contributed by atoms with E-state index in [1.807, 2.05) is 49.3 Å². The molecule has 0 aliphatic rings. The molecular formula is C12H15NO. The SMILES string of the molecule is C#CC(CO)(c1ccccc1)N(C)C. The molecule has 2 nitrogen and oxygen atoms in total. The van der Waals surface area contributed by atoms with E-state index in [0.29, 0.717) is 0 Å². The van der Waals surface area contributed by atoms with Gasteiger partial charge in [-0.3, -0.25) is 4.90 Å². The van der Waals surface area contributed by atoms with Gasteiger partial charge in [0.15, 0.2) is 0 Å². The number of rotatable bonds is 3. The summed E-state index contributed by atoms with van der Waals surface area (Å²) in [5.74, 6) is 2.66. The minimum Gasteiger partial charge on any atom is -0.393 e. The standard InChI is InChI=1S/C12H15NO/c1-4-12(10-14,13(2)3)11-8-6-5-7-9-11/h1,5-9,14H,10H2,2-3H3. The molecule has 1 N–H and O–H groups in total. The normalized spacial score (nSPS) is 14.8. The van der Waals surface area contributed by atoms with Crippen LogP contribution in [-0.4, -0.2) is 30.7 Å². The van der Waals surface area contributed by atoms with Crippen LogP contribution in [0.2, 0.25) is 0 Å². The Kier molecular flexibility index (Phi) is 3.29. The van der Waals surface area contributed by atoms with Crippen LogP contribution in [0.15, 0.2) is 30.3 Å². The number of aliphatic hydroxyl groups excluding tert-OH is 1. The molecular weight excluding hydrogens is 174 g/mol. The fourth-order valence-electron chi connectivity index (χ4n) is 1.46. The number of likely N-dealkylation sites (N-methyl/N-ethyl adjacent to an activating group) is 1. The van der Waals surface area contributed by atoms with Crippen LogP contribution in [-0.2, 0) is 5.54 Å². The third-order valence-electron chi connectivity index (χ3n) is 2.48.